The van der Waals surface area contributed by atoms with Crippen LogP contribution in [0.2, 0.25) is 0 Å². The molecule has 3 aliphatic carbocycles. The third-order valence-electron chi connectivity index (χ3n) is 12.5. The molecule has 52 heavy (non-hydrogen) atoms. The van der Waals surface area contributed by atoms with Crippen molar-refractivity contribution in [1.29, 1.82) is 0 Å². The number of carbonyl (C=O) groups excluding carboxylic acids is 1. The van der Waals surface area contributed by atoms with Crippen LogP contribution in [0.4, 0.5) is 5.69 Å². The Hall–Kier alpha value is -5.39. The molecular weight excluding hydrogens is 656 g/mol. The maximum atomic E-state index is 13.3. The third kappa shape index (κ3) is 4.17. The van der Waals surface area contributed by atoms with Gasteiger partial charge < -0.3 is 29.7 Å². The number of aromatic hydroxyl groups is 1. The molecule has 4 heterocycles. The molecule has 0 radical (unpaired) electrons. The molecule has 4 aromatic carbocycles. The van der Waals surface area contributed by atoms with Gasteiger partial charge in [0.15, 0.2) is 24.2 Å². The molecule has 0 unspecified atom stereocenters. The van der Waals surface area contributed by atoms with Gasteiger partial charge in [-0.1, -0.05) is 53.4 Å². The van der Waals surface area contributed by atoms with Crippen molar-refractivity contribution in [3.8, 4) is 11.5 Å². The number of aliphatic hydroxyl groups is 1. The van der Waals surface area contributed by atoms with Gasteiger partial charge >= 0.3 is 0 Å². The van der Waals surface area contributed by atoms with Crippen LogP contribution >= 0.6 is 0 Å². The quantitative estimate of drug-likeness (QED) is 0.205. The molecule has 11 heteroatoms. The maximum absolute atomic E-state index is 13.3. The van der Waals surface area contributed by atoms with E-state index in [1.54, 1.807) is 6.07 Å². The van der Waals surface area contributed by atoms with E-state index in [2.05, 4.69) is 55.4 Å². The molecule has 11 nitrogen and oxygen atoms in total. The van der Waals surface area contributed by atoms with Crippen LogP contribution in [-0.2, 0) is 29.6 Å². The van der Waals surface area contributed by atoms with Crippen molar-refractivity contribution in [1.82, 2.24) is 24.6 Å². The minimum absolute atomic E-state index is 0.0186. The number of nitrogens with zero attached hydrogens (tertiary/aromatic N) is 5. The first kappa shape index (κ1) is 30.3. The number of fused-ring (bicyclic) bond motifs is 5. The van der Waals surface area contributed by atoms with Gasteiger partial charge in [-0.2, -0.15) is 0 Å². The summed E-state index contributed by atoms with van der Waals surface area (Å²) in [5.74, 6) is 1.10. The number of phenols is 1. The average molecular weight is 695 g/mol. The molecular formula is C41H38N6O5. The van der Waals surface area contributed by atoms with E-state index < -0.39 is 17.1 Å². The van der Waals surface area contributed by atoms with Crippen molar-refractivity contribution in [3.63, 3.8) is 0 Å². The van der Waals surface area contributed by atoms with Gasteiger partial charge in [0.1, 0.15) is 11.0 Å². The molecule has 1 amide bonds. The lowest BCUT2D eigenvalue weighted by Crippen LogP contribution is -2.74. The summed E-state index contributed by atoms with van der Waals surface area (Å²) in [5, 5.41) is 36.6. The van der Waals surface area contributed by atoms with Crippen molar-refractivity contribution in [2.45, 2.75) is 61.8 Å². The van der Waals surface area contributed by atoms with Crippen molar-refractivity contribution >= 4 is 33.5 Å². The number of aromatic nitrogens is 4. The highest BCUT2D eigenvalue weighted by atomic mass is 16.7. The van der Waals surface area contributed by atoms with Gasteiger partial charge in [0.2, 0.25) is 0 Å². The summed E-state index contributed by atoms with van der Waals surface area (Å²) in [4.78, 5) is 22.2. The summed E-state index contributed by atoms with van der Waals surface area (Å²) in [6.45, 7) is 2.30. The smallest absolute Gasteiger partial charge is 0.265 e. The highest BCUT2D eigenvalue weighted by Crippen LogP contribution is 2.69. The molecule has 1 saturated heterocycles. The van der Waals surface area contributed by atoms with E-state index in [0.29, 0.717) is 35.4 Å². The van der Waals surface area contributed by atoms with E-state index in [4.69, 9.17) is 9.57 Å². The molecule has 2 aromatic heterocycles. The Morgan fingerprint density at radius 2 is 1.81 bits per heavy atom. The summed E-state index contributed by atoms with van der Waals surface area (Å²) in [5.41, 5.74) is 6.92. The van der Waals surface area contributed by atoms with Crippen LogP contribution in [0, 0.1) is 5.92 Å². The zero-order valence-electron chi connectivity index (χ0n) is 28.5. The van der Waals surface area contributed by atoms with Crippen LogP contribution in [0.5, 0.6) is 11.5 Å². The fourth-order valence-corrected chi connectivity index (χ4v) is 10.1. The molecule has 5 aliphatic rings. The summed E-state index contributed by atoms with van der Waals surface area (Å²) in [7, 11) is 0. The second-order valence-electron chi connectivity index (χ2n) is 15.4. The van der Waals surface area contributed by atoms with Crippen molar-refractivity contribution in [2.75, 3.05) is 25.0 Å². The number of benzene rings is 4. The highest BCUT2D eigenvalue weighted by molar-refractivity contribution is 5.92. The lowest BCUT2D eigenvalue weighted by molar-refractivity contribution is -0.173. The van der Waals surface area contributed by atoms with Gasteiger partial charge in [0.25, 0.3) is 5.91 Å². The van der Waals surface area contributed by atoms with Crippen molar-refractivity contribution < 1.29 is 24.6 Å². The Bertz CT molecular complexity index is 2430. The maximum Gasteiger partial charge on any atom is 0.265 e. The Morgan fingerprint density at radius 3 is 2.65 bits per heavy atom. The number of hydrogen-bond donors (Lipinski definition) is 3. The number of anilines is 1. The van der Waals surface area contributed by atoms with Crippen LogP contribution in [0.3, 0.4) is 0 Å². The summed E-state index contributed by atoms with van der Waals surface area (Å²) in [6.07, 6.45) is 4.16. The number of piperidine rings is 1. The molecule has 262 valence electrons. The number of rotatable bonds is 8. The lowest BCUT2D eigenvalue weighted by Gasteiger charge is -2.63. The summed E-state index contributed by atoms with van der Waals surface area (Å²) >= 11 is 0. The number of para-hydroxylation sites is 2. The van der Waals surface area contributed by atoms with Crippen LogP contribution in [0.15, 0.2) is 84.9 Å². The minimum Gasteiger partial charge on any atom is -0.504 e. The van der Waals surface area contributed by atoms with Crippen LogP contribution in [-0.4, -0.2) is 72.1 Å². The molecule has 2 aliphatic heterocycles. The van der Waals surface area contributed by atoms with Crippen molar-refractivity contribution in [3.05, 3.63) is 113 Å². The van der Waals surface area contributed by atoms with Crippen molar-refractivity contribution in [2.24, 2.45) is 5.92 Å². The number of phenolic OH excluding ortho intramolecular Hbond substituents is 1. The molecule has 1 spiro atoms. The minimum atomic E-state index is -1.04. The standard InChI is InChI=1S/C41H38N6O5/c48-33-16-13-26-19-34-41(50)20-29-28-5-1-3-7-31(28)46(37(29)39-40(41,36(26)38(33)52-39)17-18-45(34)21-24-9-10-24)22-25-11-14-27(15-12-25)42-35(49)23-51-47-32-8-4-2-6-30(32)43-44-47/h1-8,11-16,24,34,39,48,50H,9-10,17-23H2,(H,42,49)/t34-,39+,40+,41-/m1/s1. The van der Waals surface area contributed by atoms with Crippen LogP contribution in [0.25, 0.3) is 21.9 Å². The first-order chi connectivity index (χ1) is 25.4. The Balaban J connectivity index is 0.926. The average Bonchev–Trinajstić information content (AvgIpc) is 3.65. The number of likely N-dealkylation sites (tertiary alicyclic amines) is 1. The SMILES string of the molecule is O=C(COn1nnc2ccccc21)Nc1ccc(Cn2c3c(c4ccccc42)C[C@@]2(O)[C@H]4Cc5ccc(O)c6c5[C@@]2(CCN4CC2CC2)[C@H]3O6)cc1. The molecule has 4 atom stereocenters. The van der Waals surface area contributed by atoms with Gasteiger partial charge in [-0.15, -0.1) is 5.10 Å². The Labute approximate surface area is 299 Å². The number of amides is 1. The number of ether oxygens (including phenoxy) is 1. The largest absolute Gasteiger partial charge is 0.504 e. The van der Waals surface area contributed by atoms with Gasteiger partial charge in [0, 0.05) is 47.7 Å². The third-order valence-corrected chi connectivity index (χ3v) is 12.5. The van der Waals surface area contributed by atoms with Gasteiger partial charge in [-0.05, 0) is 96.4 Å². The van der Waals surface area contributed by atoms with E-state index in [1.165, 1.54) is 23.3 Å². The molecule has 2 bridgehead atoms. The topological polar surface area (TPSA) is 127 Å². The predicted molar refractivity (Wildman–Crippen MR) is 193 cm³/mol. The van der Waals surface area contributed by atoms with Gasteiger partial charge in [-0.25, -0.2) is 0 Å². The van der Waals surface area contributed by atoms with E-state index in [-0.39, 0.29) is 24.3 Å². The second-order valence-corrected chi connectivity index (χ2v) is 15.4. The van der Waals surface area contributed by atoms with E-state index in [9.17, 15) is 15.0 Å². The summed E-state index contributed by atoms with van der Waals surface area (Å²) in [6, 6.07) is 27.5. The van der Waals surface area contributed by atoms with E-state index in [1.807, 2.05) is 48.5 Å². The second kappa shape index (κ2) is 10.8. The molecule has 3 N–H and O–H groups in total. The monoisotopic (exact) mass is 694 g/mol. The predicted octanol–water partition coefficient (Wildman–Crippen LogP) is 4.91. The molecule has 11 rings (SSSR count). The molecule has 6 aromatic rings. The number of carbonyl (C=O) groups is 1. The molecule has 2 fully saturated rings. The highest BCUT2D eigenvalue weighted by Gasteiger charge is 2.73. The Morgan fingerprint density at radius 1 is 1.00 bits per heavy atom. The van der Waals surface area contributed by atoms with Crippen LogP contribution in [0.1, 0.15) is 53.3 Å². The normalized spacial score (nSPS) is 25.5. The fourth-order valence-electron chi connectivity index (χ4n) is 10.1. The zero-order chi connectivity index (χ0) is 34.8. The number of nitrogens with one attached hydrogen (secondary N) is 1. The van der Waals surface area contributed by atoms with Gasteiger partial charge in [-0.3, -0.25) is 9.69 Å². The first-order valence-electron chi connectivity index (χ1n) is 18.3. The Kier molecular flexibility index (Phi) is 6.29. The number of hydrogen-bond acceptors (Lipinski definition) is 8. The summed E-state index contributed by atoms with van der Waals surface area (Å²) < 4.78 is 9.31. The van der Waals surface area contributed by atoms with Gasteiger partial charge in [0.05, 0.1) is 16.7 Å². The molecule has 1 saturated carbocycles. The zero-order valence-corrected chi connectivity index (χ0v) is 28.5. The van der Waals surface area contributed by atoms with E-state index >= 15 is 0 Å². The van der Waals surface area contributed by atoms with Crippen LogP contribution < -0.4 is 14.9 Å². The lowest BCUT2D eigenvalue weighted by atomic mass is 9.49. The fraction of sp³-hybridized carbons (Fsp3) is 0.341. The van der Waals surface area contributed by atoms with E-state index in [0.717, 1.165) is 65.1 Å². The first-order valence-corrected chi connectivity index (χ1v) is 18.3.